The summed E-state index contributed by atoms with van der Waals surface area (Å²) in [6.45, 7) is 5.99. The SMILES string of the molecule is CCOC(=O)[C@](N)(Cc1c[nH]c2ccc(OC)cc12)C(C)C. The summed E-state index contributed by atoms with van der Waals surface area (Å²) < 4.78 is 10.4. The predicted molar refractivity (Wildman–Crippen MR) is 86.9 cm³/mol. The number of fused-ring (bicyclic) bond motifs is 1. The monoisotopic (exact) mass is 304 g/mol. The van der Waals surface area contributed by atoms with Crippen LogP contribution in [0.25, 0.3) is 10.9 Å². The number of carbonyl (C=O) groups is 1. The number of aromatic amines is 1. The van der Waals surface area contributed by atoms with Crippen molar-refractivity contribution in [2.24, 2.45) is 11.7 Å². The van der Waals surface area contributed by atoms with Crippen LogP contribution in [-0.2, 0) is 16.0 Å². The lowest BCUT2D eigenvalue weighted by Crippen LogP contribution is -2.55. The van der Waals surface area contributed by atoms with Crippen LogP contribution < -0.4 is 10.5 Å². The smallest absolute Gasteiger partial charge is 0.326 e. The lowest BCUT2D eigenvalue weighted by Gasteiger charge is -2.30. The summed E-state index contributed by atoms with van der Waals surface area (Å²) in [4.78, 5) is 15.5. The zero-order chi connectivity index (χ0) is 16.3. The van der Waals surface area contributed by atoms with E-state index in [0.717, 1.165) is 22.2 Å². The molecule has 120 valence electrons. The van der Waals surface area contributed by atoms with E-state index in [1.807, 2.05) is 38.2 Å². The summed E-state index contributed by atoms with van der Waals surface area (Å²) in [5.41, 5.74) is 7.33. The summed E-state index contributed by atoms with van der Waals surface area (Å²) in [6.07, 6.45) is 2.31. The quantitative estimate of drug-likeness (QED) is 0.804. The van der Waals surface area contributed by atoms with Crippen molar-refractivity contribution in [2.45, 2.75) is 32.7 Å². The van der Waals surface area contributed by atoms with E-state index in [1.165, 1.54) is 0 Å². The van der Waals surface area contributed by atoms with Gasteiger partial charge in [0, 0.05) is 23.5 Å². The largest absolute Gasteiger partial charge is 0.497 e. The molecule has 0 amide bonds. The van der Waals surface area contributed by atoms with E-state index in [9.17, 15) is 4.79 Å². The highest BCUT2D eigenvalue weighted by Gasteiger charge is 2.39. The average molecular weight is 304 g/mol. The third-order valence-electron chi connectivity index (χ3n) is 4.14. The van der Waals surface area contributed by atoms with Crippen molar-refractivity contribution in [1.29, 1.82) is 0 Å². The van der Waals surface area contributed by atoms with Crippen molar-refractivity contribution in [3.8, 4) is 5.75 Å². The first-order valence-electron chi connectivity index (χ1n) is 7.52. The van der Waals surface area contributed by atoms with Crippen molar-refractivity contribution in [3.63, 3.8) is 0 Å². The van der Waals surface area contributed by atoms with Crippen molar-refractivity contribution in [1.82, 2.24) is 4.98 Å². The van der Waals surface area contributed by atoms with Crippen LogP contribution in [0.2, 0.25) is 0 Å². The molecule has 2 aromatic rings. The number of esters is 1. The van der Waals surface area contributed by atoms with Crippen LogP contribution in [0.15, 0.2) is 24.4 Å². The first kappa shape index (κ1) is 16.4. The molecule has 2 rings (SSSR count). The van der Waals surface area contributed by atoms with E-state index >= 15 is 0 Å². The highest BCUT2D eigenvalue weighted by atomic mass is 16.5. The number of hydrogen-bond donors (Lipinski definition) is 2. The number of methoxy groups -OCH3 is 1. The minimum absolute atomic E-state index is 0.0397. The van der Waals surface area contributed by atoms with Crippen molar-refractivity contribution >= 4 is 16.9 Å². The Hall–Kier alpha value is -2.01. The Morgan fingerprint density at radius 2 is 2.14 bits per heavy atom. The number of nitrogens with one attached hydrogen (secondary N) is 1. The van der Waals surface area contributed by atoms with Crippen LogP contribution >= 0.6 is 0 Å². The Labute approximate surface area is 130 Å². The van der Waals surface area contributed by atoms with Crippen LogP contribution in [0.3, 0.4) is 0 Å². The van der Waals surface area contributed by atoms with Gasteiger partial charge in [-0.25, -0.2) is 0 Å². The highest BCUT2D eigenvalue weighted by Crippen LogP contribution is 2.29. The lowest BCUT2D eigenvalue weighted by molar-refractivity contribution is -0.151. The molecule has 0 aliphatic carbocycles. The summed E-state index contributed by atoms with van der Waals surface area (Å²) in [5.74, 6) is 0.376. The second kappa shape index (κ2) is 6.40. The zero-order valence-corrected chi connectivity index (χ0v) is 13.6. The second-order valence-corrected chi connectivity index (χ2v) is 5.82. The Morgan fingerprint density at radius 3 is 2.73 bits per heavy atom. The minimum atomic E-state index is -1.05. The van der Waals surface area contributed by atoms with Crippen molar-refractivity contribution in [3.05, 3.63) is 30.0 Å². The van der Waals surface area contributed by atoms with Crippen molar-refractivity contribution in [2.75, 3.05) is 13.7 Å². The molecule has 0 saturated heterocycles. The summed E-state index contributed by atoms with van der Waals surface area (Å²) >= 11 is 0. The minimum Gasteiger partial charge on any atom is -0.497 e. The van der Waals surface area contributed by atoms with E-state index in [1.54, 1.807) is 14.0 Å². The topological polar surface area (TPSA) is 77.3 Å². The van der Waals surface area contributed by atoms with Crippen LogP contribution in [0.5, 0.6) is 5.75 Å². The van der Waals surface area contributed by atoms with Gasteiger partial charge in [-0.3, -0.25) is 4.79 Å². The number of nitrogens with two attached hydrogens (primary N) is 1. The molecule has 0 saturated carbocycles. The maximum Gasteiger partial charge on any atom is 0.326 e. The van der Waals surface area contributed by atoms with Gasteiger partial charge in [-0.15, -0.1) is 0 Å². The summed E-state index contributed by atoms with van der Waals surface area (Å²) in [5, 5.41) is 1.01. The van der Waals surface area contributed by atoms with Gasteiger partial charge in [0.1, 0.15) is 11.3 Å². The number of H-pyrrole nitrogens is 1. The second-order valence-electron chi connectivity index (χ2n) is 5.82. The molecule has 22 heavy (non-hydrogen) atoms. The number of hydrogen-bond acceptors (Lipinski definition) is 4. The van der Waals surface area contributed by atoms with Crippen LogP contribution in [0, 0.1) is 5.92 Å². The third-order valence-corrected chi connectivity index (χ3v) is 4.14. The van der Waals surface area contributed by atoms with E-state index in [-0.39, 0.29) is 11.9 Å². The van der Waals surface area contributed by atoms with E-state index in [2.05, 4.69) is 4.98 Å². The zero-order valence-electron chi connectivity index (χ0n) is 13.6. The van der Waals surface area contributed by atoms with E-state index < -0.39 is 5.54 Å². The van der Waals surface area contributed by atoms with E-state index in [4.69, 9.17) is 15.2 Å². The van der Waals surface area contributed by atoms with Gasteiger partial charge in [-0.05, 0) is 36.6 Å². The Bertz CT molecular complexity index is 663. The molecule has 0 fully saturated rings. The number of ether oxygens (including phenoxy) is 2. The molecule has 0 bridgehead atoms. The van der Waals surface area contributed by atoms with Gasteiger partial charge < -0.3 is 20.2 Å². The van der Waals surface area contributed by atoms with Gasteiger partial charge >= 0.3 is 5.97 Å². The lowest BCUT2D eigenvalue weighted by atomic mass is 9.81. The number of aromatic nitrogens is 1. The van der Waals surface area contributed by atoms with Gasteiger partial charge in [0.2, 0.25) is 0 Å². The summed E-state index contributed by atoms with van der Waals surface area (Å²) in [6, 6.07) is 5.80. The molecular formula is C17H24N2O3. The maximum atomic E-state index is 12.3. The molecular weight excluding hydrogens is 280 g/mol. The standard InChI is InChI=1S/C17H24N2O3/c1-5-22-16(20)17(18,11(2)3)9-12-10-19-15-7-6-13(21-4)8-14(12)15/h6-8,10-11,19H,5,9,18H2,1-4H3/t17-/m0/s1. The Kier molecular flexibility index (Phi) is 4.76. The molecule has 0 unspecified atom stereocenters. The van der Waals surface area contributed by atoms with Gasteiger partial charge in [0.15, 0.2) is 0 Å². The maximum absolute atomic E-state index is 12.3. The molecule has 0 radical (unpaired) electrons. The molecule has 5 nitrogen and oxygen atoms in total. The molecule has 0 aliphatic heterocycles. The average Bonchev–Trinajstić information content (AvgIpc) is 2.89. The molecule has 1 aromatic heterocycles. The van der Waals surface area contributed by atoms with Gasteiger partial charge in [-0.2, -0.15) is 0 Å². The number of benzene rings is 1. The fourth-order valence-corrected chi connectivity index (χ4v) is 2.52. The van der Waals surface area contributed by atoms with Crippen LogP contribution in [0.1, 0.15) is 26.3 Å². The van der Waals surface area contributed by atoms with Gasteiger partial charge in [0.25, 0.3) is 0 Å². The highest BCUT2D eigenvalue weighted by molar-refractivity contribution is 5.87. The number of rotatable bonds is 6. The third kappa shape index (κ3) is 2.95. The normalized spacial score (nSPS) is 14.1. The van der Waals surface area contributed by atoms with Crippen LogP contribution in [-0.4, -0.2) is 30.2 Å². The molecule has 1 atom stereocenters. The molecule has 1 heterocycles. The fourth-order valence-electron chi connectivity index (χ4n) is 2.52. The van der Waals surface area contributed by atoms with Gasteiger partial charge in [-0.1, -0.05) is 13.8 Å². The molecule has 1 aromatic carbocycles. The Balaban J connectivity index is 2.40. The molecule has 0 aliphatic rings. The molecule has 3 N–H and O–H groups in total. The Morgan fingerprint density at radius 1 is 1.41 bits per heavy atom. The fraction of sp³-hybridized carbons (Fsp3) is 0.471. The first-order valence-corrected chi connectivity index (χ1v) is 7.52. The first-order chi connectivity index (χ1) is 10.4. The van der Waals surface area contributed by atoms with Gasteiger partial charge in [0.05, 0.1) is 13.7 Å². The predicted octanol–water partition coefficient (Wildman–Crippen LogP) is 2.64. The van der Waals surface area contributed by atoms with Crippen LogP contribution in [0.4, 0.5) is 0 Å². The molecule has 0 spiro atoms. The number of carbonyl (C=O) groups excluding carboxylic acids is 1. The summed E-state index contributed by atoms with van der Waals surface area (Å²) in [7, 11) is 1.63. The molecule has 5 heteroatoms. The van der Waals surface area contributed by atoms with E-state index in [0.29, 0.717) is 13.0 Å². The van der Waals surface area contributed by atoms with Crippen molar-refractivity contribution < 1.29 is 14.3 Å².